The fourth-order valence-corrected chi connectivity index (χ4v) is 1.44. The molecule has 13 heavy (non-hydrogen) atoms. The van der Waals surface area contributed by atoms with Gasteiger partial charge in [-0.2, -0.15) is 0 Å². The second-order valence-corrected chi connectivity index (χ2v) is 5.35. The predicted molar refractivity (Wildman–Crippen MR) is 60.4 cm³/mol. The lowest BCUT2D eigenvalue weighted by atomic mass is 10.7. The van der Waals surface area contributed by atoms with Crippen LogP contribution in [0.5, 0.6) is 0 Å². The normalized spacial score (nSPS) is 16.1. The van der Waals surface area contributed by atoms with Crippen LogP contribution in [-0.4, -0.2) is 27.2 Å². The summed E-state index contributed by atoms with van der Waals surface area (Å²) < 4.78 is -1.91. The van der Waals surface area contributed by atoms with E-state index in [1.54, 1.807) is 0 Å². The van der Waals surface area contributed by atoms with Gasteiger partial charge in [0.1, 0.15) is 0 Å². The maximum Gasteiger partial charge on any atom is 0.278 e. The molecule has 1 heterocycles. The largest absolute Gasteiger partial charge is 0.302 e. The first-order valence-electron chi connectivity index (χ1n) is 3.05. The quantitative estimate of drug-likeness (QED) is 0.691. The SMILES string of the molecule is Cl.O=C(NC1=NCCS1)C(Cl)(Cl)Cl. The number of carbonyl (C=O) groups excluding carboxylic acids is 1. The molecule has 0 aliphatic carbocycles. The summed E-state index contributed by atoms with van der Waals surface area (Å²) >= 11 is 17.4. The number of hydrogen-bond acceptors (Lipinski definition) is 3. The topological polar surface area (TPSA) is 41.5 Å². The van der Waals surface area contributed by atoms with E-state index in [1.807, 2.05) is 0 Å². The summed E-state index contributed by atoms with van der Waals surface area (Å²) in [7, 11) is 0. The Morgan fingerprint density at radius 2 is 2.15 bits per heavy atom. The lowest BCUT2D eigenvalue weighted by Crippen LogP contribution is -2.36. The van der Waals surface area contributed by atoms with Gasteiger partial charge in [-0.1, -0.05) is 46.6 Å². The summed E-state index contributed by atoms with van der Waals surface area (Å²) in [6.45, 7) is 0.695. The average Bonchev–Trinajstić information content (AvgIpc) is 2.37. The van der Waals surface area contributed by atoms with Crippen molar-refractivity contribution >= 4 is 70.0 Å². The van der Waals surface area contributed by atoms with Gasteiger partial charge in [0, 0.05) is 5.75 Å². The minimum Gasteiger partial charge on any atom is -0.302 e. The van der Waals surface area contributed by atoms with Gasteiger partial charge >= 0.3 is 0 Å². The van der Waals surface area contributed by atoms with E-state index in [4.69, 9.17) is 34.8 Å². The summed E-state index contributed by atoms with van der Waals surface area (Å²) in [4.78, 5) is 15.0. The van der Waals surface area contributed by atoms with Crippen molar-refractivity contribution in [1.82, 2.24) is 5.32 Å². The summed E-state index contributed by atoms with van der Waals surface area (Å²) in [5, 5.41) is 2.92. The molecule has 0 bridgehead atoms. The van der Waals surface area contributed by atoms with Gasteiger partial charge in [0.15, 0.2) is 5.17 Å². The third-order valence-corrected chi connectivity index (χ3v) is 2.47. The zero-order chi connectivity index (χ0) is 9.19. The number of hydrogen-bond donors (Lipinski definition) is 1. The van der Waals surface area contributed by atoms with E-state index >= 15 is 0 Å². The number of amidine groups is 1. The minimum absolute atomic E-state index is 0. The number of amides is 1. The number of thioether (sulfide) groups is 1. The molecule has 0 atom stereocenters. The van der Waals surface area contributed by atoms with Gasteiger partial charge in [-0.05, 0) is 0 Å². The van der Waals surface area contributed by atoms with Crippen molar-refractivity contribution in [3.8, 4) is 0 Å². The zero-order valence-corrected chi connectivity index (χ0v) is 10.1. The smallest absolute Gasteiger partial charge is 0.278 e. The Kier molecular flexibility index (Phi) is 5.79. The molecule has 0 spiro atoms. The van der Waals surface area contributed by atoms with Crippen LogP contribution in [0.25, 0.3) is 0 Å². The first kappa shape index (κ1) is 13.7. The molecule has 1 amide bonds. The Hall–Kier alpha value is 0.650. The fraction of sp³-hybridized carbons (Fsp3) is 0.600. The van der Waals surface area contributed by atoms with Gasteiger partial charge in [0.25, 0.3) is 9.70 Å². The van der Waals surface area contributed by atoms with E-state index < -0.39 is 9.70 Å². The molecule has 1 N–H and O–H groups in total. The highest BCUT2D eigenvalue weighted by Crippen LogP contribution is 2.26. The molecule has 0 radical (unpaired) electrons. The molecule has 3 nitrogen and oxygen atoms in total. The lowest BCUT2D eigenvalue weighted by molar-refractivity contribution is -0.118. The molecular weight excluding hydrogens is 278 g/mol. The second-order valence-electron chi connectivity index (χ2n) is 1.99. The summed E-state index contributed by atoms with van der Waals surface area (Å²) in [5.41, 5.74) is 0. The Balaban J connectivity index is 0.00000144. The molecule has 1 rings (SSSR count). The van der Waals surface area contributed by atoms with Crippen LogP contribution in [0.3, 0.4) is 0 Å². The molecule has 76 valence electrons. The molecule has 1 aliphatic heterocycles. The first-order chi connectivity index (χ1) is 5.50. The third-order valence-electron chi connectivity index (χ3n) is 1.06. The Labute approximate surface area is 101 Å². The van der Waals surface area contributed by atoms with Crippen LogP contribution in [0, 0.1) is 0 Å². The Morgan fingerprint density at radius 3 is 2.54 bits per heavy atom. The van der Waals surface area contributed by atoms with E-state index in [9.17, 15) is 4.79 Å². The minimum atomic E-state index is -1.91. The molecule has 1 aliphatic rings. The van der Waals surface area contributed by atoms with Crippen molar-refractivity contribution < 1.29 is 4.79 Å². The number of rotatable bonds is 0. The Morgan fingerprint density at radius 1 is 1.54 bits per heavy atom. The van der Waals surface area contributed by atoms with Crippen LogP contribution in [0.1, 0.15) is 0 Å². The molecule has 0 unspecified atom stereocenters. The van der Waals surface area contributed by atoms with E-state index in [2.05, 4.69) is 10.3 Å². The standard InChI is InChI=1S/C5H5Cl3N2OS.ClH/c6-5(7,8)3(11)10-4-9-1-2-12-4;/h1-2H2,(H,9,10,11);1H. The van der Waals surface area contributed by atoms with Crippen LogP contribution >= 0.6 is 59.0 Å². The molecule has 0 aromatic rings. The van der Waals surface area contributed by atoms with E-state index in [1.165, 1.54) is 11.8 Å². The molecule has 0 aromatic heterocycles. The number of alkyl halides is 3. The van der Waals surface area contributed by atoms with Crippen molar-refractivity contribution in [3.05, 3.63) is 0 Å². The van der Waals surface area contributed by atoms with Gasteiger partial charge in [-0.25, -0.2) is 0 Å². The highest BCUT2D eigenvalue weighted by atomic mass is 35.6. The predicted octanol–water partition coefficient (Wildman–Crippen LogP) is 2.00. The maximum atomic E-state index is 11.0. The van der Waals surface area contributed by atoms with E-state index in [0.29, 0.717) is 11.7 Å². The zero-order valence-electron chi connectivity index (χ0n) is 6.22. The fourth-order valence-electron chi connectivity index (χ4n) is 0.579. The molecule has 8 heteroatoms. The van der Waals surface area contributed by atoms with Gasteiger partial charge in [0.2, 0.25) is 0 Å². The van der Waals surface area contributed by atoms with Crippen molar-refractivity contribution in [2.75, 3.05) is 12.3 Å². The highest BCUT2D eigenvalue weighted by Gasteiger charge is 2.31. The maximum absolute atomic E-state index is 11.0. The summed E-state index contributed by atoms with van der Waals surface area (Å²) in [5.74, 6) is 0.191. The molecule has 0 saturated carbocycles. The van der Waals surface area contributed by atoms with Crippen molar-refractivity contribution in [2.45, 2.75) is 3.79 Å². The highest BCUT2D eigenvalue weighted by molar-refractivity contribution is 8.14. The van der Waals surface area contributed by atoms with Gasteiger partial charge in [-0.3, -0.25) is 9.79 Å². The monoisotopic (exact) mass is 282 g/mol. The molecular formula is C5H6Cl4N2OS. The van der Waals surface area contributed by atoms with Gasteiger partial charge < -0.3 is 5.32 Å². The number of halogens is 4. The van der Waals surface area contributed by atoms with E-state index in [-0.39, 0.29) is 12.4 Å². The summed E-state index contributed by atoms with van der Waals surface area (Å²) in [6, 6.07) is 0. The number of nitrogens with zero attached hydrogens (tertiary/aromatic N) is 1. The number of aliphatic imine (C=N–C) groups is 1. The second kappa shape index (κ2) is 5.51. The van der Waals surface area contributed by atoms with Crippen LogP contribution in [-0.2, 0) is 4.79 Å². The average molecular weight is 284 g/mol. The summed E-state index contributed by atoms with van der Waals surface area (Å²) in [6.07, 6.45) is 0. The lowest BCUT2D eigenvalue weighted by Gasteiger charge is -2.09. The number of carbonyl (C=O) groups is 1. The van der Waals surface area contributed by atoms with Crippen LogP contribution < -0.4 is 5.32 Å². The van der Waals surface area contributed by atoms with Crippen LogP contribution in [0.15, 0.2) is 4.99 Å². The van der Waals surface area contributed by atoms with Gasteiger partial charge in [0.05, 0.1) is 6.54 Å². The first-order valence-corrected chi connectivity index (χ1v) is 5.17. The van der Waals surface area contributed by atoms with Crippen LogP contribution in [0.2, 0.25) is 0 Å². The Bertz CT molecular complexity index is 227. The third kappa shape index (κ3) is 4.61. The van der Waals surface area contributed by atoms with Crippen molar-refractivity contribution in [2.24, 2.45) is 4.99 Å². The number of nitrogens with one attached hydrogen (secondary N) is 1. The molecule has 0 saturated heterocycles. The van der Waals surface area contributed by atoms with Crippen molar-refractivity contribution in [1.29, 1.82) is 0 Å². The van der Waals surface area contributed by atoms with Crippen LogP contribution in [0.4, 0.5) is 0 Å². The van der Waals surface area contributed by atoms with E-state index in [0.717, 1.165) is 5.75 Å². The van der Waals surface area contributed by atoms with Crippen molar-refractivity contribution in [3.63, 3.8) is 0 Å². The molecule has 0 fully saturated rings. The molecule has 0 aromatic carbocycles. The van der Waals surface area contributed by atoms with Gasteiger partial charge in [-0.15, -0.1) is 12.4 Å².